The van der Waals surface area contributed by atoms with E-state index in [0.717, 1.165) is 0 Å². The summed E-state index contributed by atoms with van der Waals surface area (Å²) >= 11 is 5.94. The van der Waals surface area contributed by atoms with E-state index >= 15 is 0 Å². The maximum atomic E-state index is 11.9. The second-order valence-electron chi connectivity index (χ2n) is 3.66. The van der Waals surface area contributed by atoms with Crippen molar-refractivity contribution in [3.8, 4) is 0 Å². The summed E-state index contributed by atoms with van der Waals surface area (Å²) in [6, 6.07) is 4.99. The van der Waals surface area contributed by atoms with Crippen molar-refractivity contribution in [3.05, 3.63) is 23.2 Å². The first-order valence-electron chi connectivity index (χ1n) is 5.05. The van der Waals surface area contributed by atoms with Gasteiger partial charge in [0.25, 0.3) is 0 Å². The van der Waals surface area contributed by atoms with E-state index in [2.05, 4.69) is 0 Å². The zero-order valence-corrected chi connectivity index (χ0v) is 11.0. The summed E-state index contributed by atoms with van der Waals surface area (Å²) in [4.78, 5) is 0.578. The van der Waals surface area contributed by atoms with E-state index in [4.69, 9.17) is 22.1 Å². The Labute approximate surface area is 103 Å². The van der Waals surface area contributed by atoms with Gasteiger partial charge in [0.2, 0.25) is 0 Å². The molecule has 1 aromatic rings. The first-order chi connectivity index (χ1) is 7.50. The normalized spacial score (nSPS) is 13.0. The maximum absolute atomic E-state index is 11.9. The molecule has 0 amide bonds. The average Bonchev–Trinajstić information content (AvgIpc) is 2.21. The second-order valence-corrected chi connectivity index (χ2v) is 5.61. The molecular formula is C11H16ClNO2S. The van der Waals surface area contributed by atoms with Crippen LogP contribution in [-0.4, -0.2) is 22.7 Å². The van der Waals surface area contributed by atoms with E-state index < -0.39 is 10.8 Å². The molecule has 3 nitrogen and oxygen atoms in total. The number of benzene rings is 1. The number of hydrogen-bond acceptors (Lipinski definition) is 3. The van der Waals surface area contributed by atoms with Crippen LogP contribution in [0.15, 0.2) is 23.1 Å². The zero-order valence-electron chi connectivity index (χ0n) is 9.40. The van der Waals surface area contributed by atoms with E-state index in [9.17, 15) is 4.21 Å². The van der Waals surface area contributed by atoms with Gasteiger partial charge < -0.3 is 10.5 Å². The lowest BCUT2D eigenvalue weighted by Crippen LogP contribution is -2.11. The molecular weight excluding hydrogens is 246 g/mol. The van der Waals surface area contributed by atoms with Crippen LogP contribution in [0.5, 0.6) is 0 Å². The number of halogens is 1. The molecule has 16 heavy (non-hydrogen) atoms. The molecule has 5 heteroatoms. The highest BCUT2D eigenvalue weighted by atomic mass is 35.5. The van der Waals surface area contributed by atoms with Crippen LogP contribution in [0.1, 0.15) is 13.8 Å². The first kappa shape index (κ1) is 13.5. The fourth-order valence-electron chi connectivity index (χ4n) is 1.16. The quantitative estimate of drug-likeness (QED) is 0.829. The molecule has 1 unspecified atom stereocenters. The zero-order chi connectivity index (χ0) is 12.1. The SMILES string of the molecule is CC(C)OCCS(=O)c1cc(N)ccc1Cl. The molecule has 1 rings (SSSR count). The van der Waals surface area contributed by atoms with E-state index in [0.29, 0.717) is 28.0 Å². The van der Waals surface area contributed by atoms with Gasteiger partial charge in [-0.25, -0.2) is 0 Å². The van der Waals surface area contributed by atoms with Crippen molar-refractivity contribution < 1.29 is 8.95 Å². The van der Waals surface area contributed by atoms with Crippen LogP contribution >= 0.6 is 11.6 Å². The topological polar surface area (TPSA) is 52.3 Å². The number of ether oxygens (including phenoxy) is 1. The second kappa shape index (κ2) is 6.23. The fraction of sp³-hybridized carbons (Fsp3) is 0.455. The van der Waals surface area contributed by atoms with Crippen molar-refractivity contribution in [2.75, 3.05) is 18.1 Å². The molecule has 0 aliphatic carbocycles. The molecule has 0 heterocycles. The highest BCUT2D eigenvalue weighted by molar-refractivity contribution is 7.85. The molecule has 0 bridgehead atoms. The highest BCUT2D eigenvalue weighted by Crippen LogP contribution is 2.22. The van der Waals surface area contributed by atoms with Crippen molar-refractivity contribution in [1.82, 2.24) is 0 Å². The molecule has 0 aliphatic heterocycles. The van der Waals surface area contributed by atoms with Gasteiger partial charge in [-0.3, -0.25) is 4.21 Å². The van der Waals surface area contributed by atoms with Crippen LogP contribution < -0.4 is 5.73 Å². The van der Waals surface area contributed by atoms with E-state index in [1.807, 2.05) is 13.8 Å². The largest absolute Gasteiger partial charge is 0.399 e. The molecule has 0 radical (unpaired) electrons. The van der Waals surface area contributed by atoms with Crippen LogP contribution in [-0.2, 0) is 15.5 Å². The predicted octanol–water partition coefficient (Wildman–Crippen LogP) is 2.45. The Morgan fingerprint density at radius 3 is 2.81 bits per heavy atom. The standard InChI is InChI=1S/C11H16ClNO2S/c1-8(2)15-5-6-16(14)11-7-9(13)3-4-10(11)12/h3-4,7-8H,5-6,13H2,1-2H3. The summed E-state index contributed by atoms with van der Waals surface area (Å²) in [6.07, 6.45) is 0.147. The lowest BCUT2D eigenvalue weighted by Gasteiger charge is -2.08. The molecule has 0 aromatic heterocycles. The third-order valence-electron chi connectivity index (χ3n) is 1.92. The third-order valence-corrected chi connectivity index (χ3v) is 3.73. The smallest absolute Gasteiger partial charge is 0.0595 e. The average molecular weight is 262 g/mol. The summed E-state index contributed by atoms with van der Waals surface area (Å²) in [5.74, 6) is 0.432. The van der Waals surface area contributed by atoms with Crippen LogP contribution in [0, 0.1) is 0 Å². The Morgan fingerprint density at radius 1 is 1.50 bits per heavy atom. The monoisotopic (exact) mass is 261 g/mol. The molecule has 1 atom stereocenters. The van der Waals surface area contributed by atoms with Gasteiger partial charge in [0.15, 0.2) is 0 Å². The van der Waals surface area contributed by atoms with Gasteiger partial charge >= 0.3 is 0 Å². The molecule has 0 fully saturated rings. The van der Waals surface area contributed by atoms with Crippen molar-refractivity contribution in [1.29, 1.82) is 0 Å². The molecule has 0 saturated carbocycles. The minimum atomic E-state index is -1.16. The van der Waals surface area contributed by atoms with Gasteiger partial charge in [0.1, 0.15) is 0 Å². The predicted molar refractivity (Wildman–Crippen MR) is 68.2 cm³/mol. The first-order valence-corrected chi connectivity index (χ1v) is 6.75. The van der Waals surface area contributed by atoms with E-state index in [-0.39, 0.29) is 6.10 Å². The molecule has 0 aliphatic rings. The maximum Gasteiger partial charge on any atom is 0.0595 e. The number of anilines is 1. The van der Waals surface area contributed by atoms with Crippen LogP contribution in [0.4, 0.5) is 5.69 Å². The van der Waals surface area contributed by atoms with E-state index in [1.54, 1.807) is 18.2 Å². The van der Waals surface area contributed by atoms with Crippen LogP contribution in [0.2, 0.25) is 5.02 Å². The summed E-state index contributed by atoms with van der Waals surface area (Å²) in [6.45, 7) is 4.34. The number of nitrogens with two attached hydrogens (primary N) is 1. The number of rotatable bonds is 5. The molecule has 2 N–H and O–H groups in total. The summed E-state index contributed by atoms with van der Waals surface area (Å²) in [7, 11) is -1.16. The Bertz CT molecular complexity index is 382. The van der Waals surface area contributed by atoms with Gasteiger partial charge in [0, 0.05) is 5.69 Å². The minimum Gasteiger partial charge on any atom is -0.399 e. The van der Waals surface area contributed by atoms with Gasteiger partial charge in [-0.1, -0.05) is 11.6 Å². The lowest BCUT2D eigenvalue weighted by atomic mass is 10.3. The van der Waals surface area contributed by atoms with Crippen molar-refractivity contribution in [3.63, 3.8) is 0 Å². The van der Waals surface area contributed by atoms with Crippen molar-refractivity contribution >= 4 is 28.1 Å². The molecule has 90 valence electrons. The Balaban J connectivity index is 2.62. The van der Waals surface area contributed by atoms with Gasteiger partial charge in [-0.15, -0.1) is 0 Å². The van der Waals surface area contributed by atoms with Crippen LogP contribution in [0.25, 0.3) is 0 Å². The fourth-order valence-corrected chi connectivity index (χ4v) is 2.56. The Kier molecular flexibility index (Phi) is 5.25. The van der Waals surface area contributed by atoms with Gasteiger partial charge in [0.05, 0.1) is 39.2 Å². The number of hydrogen-bond donors (Lipinski definition) is 1. The van der Waals surface area contributed by atoms with E-state index in [1.165, 1.54) is 0 Å². The minimum absolute atomic E-state index is 0.147. The van der Waals surface area contributed by atoms with Crippen molar-refractivity contribution in [2.24, 2.45) is 0 Å². The van der Waals surface area contributed by atoms with Crippen LogP contribution in [0.3, 0.4) is 0 Å². The summed E-state index contributed by atoms with van der Waals surface area (Å²) < 4.78 is 17.2. The number of nitrogen functional groups attached to an aromatic ring is 1. The van der Waals surface area contributed by atoms with Crippen molar-refractivity contribution in [2.45, 2.75) is 24.8 Å². The molecule has 1 aromatic carbocycles. The summed E-state index contributed by atoms with van der Waals surface area (Å²) in [5, 5.41) is 0.483. The Hall–Kier alpha value is -0.580. The third kappa shape index (κ3) is 4.12. The summed E-state index contributed by atoms with van der Waals surface area (Å²) in [5.41, 5.74) is 6.18. The van der Waals surface area contributed by atoms with Gasteiger partial charge in [-0.05, 0) is 32.0 Å². The van der Waals surface area contributed by atoms with Gasteiger partial charge in [-0.2, -0.15) is 0 Å². The highest BCUT2D eigenvalue weighted by Gasteiger charge is 2.09. The molecule has 0 saturated heterocycles. The molecule has 0 spiro atoms. The Morgan fingerprint density at radius 2 is 2.19 bits per heavy atom. The lowest BCUT2D eigenvalue weighted by molar-refractivity contribution is 0.0916.